The topological polar surface area (TPSA) is 83.6 Å². The van der Waals surface area contributed by atoms with Gasteiger partial charge in [0.1, 0.15) is 4.75 Å². The summed E-state index contributed by atoms with van der Waals surface area (Å²) in [4.78, 5) is 46.8. The van der Waals surface area contributed by atoms with E-state index in [0.717, 1.165) is 11.8 Å². The van der Waals surface area contributed by atoms with E-state index in [9.17, 15) is 19.2 Å². The summed E-state index contributed by atoms with van der Waals surface area (Å²) in [5.41, 5.74) is 0. The molecule has 0 aliphatic carbocycles. The molecule has 112 valence electrons. The Labute approximate surface area is 122 Å². The molecule has 0 aromatic carbocycles. The molecule has 0 aromatic heterocycles. The maximum Gasteiger partial charge on any atom is 0.286 e. The van der Waals surface area contributed by atoms with Crippen molar-refractivity contribution in [3.63, 3.8) is 0 Å². The molecule has 1 heterocycles. The van der Waals surface area contributed by atoms with Gasteiger partial charge in [-0.3, -0.25) is 29.4 Å². The Morgan fingerprint density at radius 3 is 2.25 bits per heavy atom. The number of carbonyl (C=O) groups is 4. The predicted molar refractivity (Wildman–Crippen MR) is 76.0 cm³/mol. The minimum Gasteiger partial charge on any atom is -0.286 e. The molecule has 0 saturated carbocycles. The van der Waals surface area contributed by atoms with Crippen molar-refractivity contribution in [1.29, 1.82) is 0 Å². The van der Waals surface area contributed by atoms with Crippen molar-refractivity contribution in [2.45, 2.75) is 45.3 Å². The second-order valence-electron chi connectivity index (χ2n) is 5.18. The van der Waals surface area contributed by atoms with Crippen molar-refractivity contribution in [2.24, 2.45) is 5.92 Å². The number of carbonyl (C=O) groups excluding carboxylic acids is 4. The van der Waals surface area contributed by atoms with Crippen molar-refractivity contribution >= 4 is 34.7 Å². The summed E-state index contributed by atoms with van der Waals surface area (Å²) >= 11 is 1.01. The lowest BCUT2D eigenvalue weighted by Gasteiger charge is -2.27. The number of hydrogen-bond acceptors (Lipinski definition) is 5. The number of hydrogen-bond donors (Lipinski definition) is 1. The second-order valence-corrected chi connectivity index (χ2v) is 6.61. The third-order valence-corrected chi connectivity index (χ3v) is 4.99. The molecule has 2 unspecified atom stereocenters. The lowest BCUT2D eigenvalue weighted by Crippen LogP contribution is -2.40. The Kier molecular flexibility index (Phi) is 5.33. The summed E-state index contributed by atoms with van der Waals surface area (Å²) < 4.78 is -0.769. The zero-order valence-corrected chi connectivity index (χ0v) is 13.0. The largest absolute Gasteiger partial charge is 0.286 e. The molecule has 1 aliphatic heterocycles. The van der Waals surface area contributed by atoms with E-state index < -0.39 is 4.75 Å². The first kappa shape index (κ1) is 16.7. The van der Waals surface area contributed by atoms with Crippen LogP contribution in [0.2, 0.25) is 0 Å². The molecule has 1 aliphatic rings. The molecular formula is C13H20N2O4S. The third-order valence-electron chi connectivity index (χ3n) is 3.69. The monoisotopic (exact) mass is 300 g/mol. The van der Waals surface area contributed by atoms with Crippen LogP contribution in [0.1, 0.15) is 40.5 Å². The van der Waals surface area contributed by atoms with Crippen molar-refractivity contribution in [2.75, 3.05) is 6.54 Å². The van der Waals surface area contributed by atoms with E-state index in [2.05, 4.69) is 5.32 Å². The summed E-state index contributed by atoms with van der Waals surface area (Å²) in [6.07, 6.45) is 1.26. The predicted octanol–water partition coefficient (Wildman–Crippen LogP) is 1.54. The number of amides is 4. The Morgan fingerprint density at radius 2 is 1.85 bits per heavy atom. The smallest absolute Gasteiger partial charge is 0.286 e. The molecule has 1 saturated heterocycles. The van der Waals surface area contributed by atoms with Crippen LogP contribution < -0.4 is 5.32 Å². The van der Waals surface area contributed by atoms with Gasteiger partial charge in [0.05, 0.1) is 0 Å². The van der Waals surface area contributed by atoms with Gasteiger partial charge in [0.15, 0.2) is 0 Å². The highest BCUT2D eigenvalue weighted by atomic mass is 32.2. The molecule has 0 aromatic rings. The lowest BCUT2D eigenvalue weighted by atomic mass is 9.90. The molecule has 1 fully saturated rings. The van der Waals surface area contributed by atoms with E-state index in [1.54, 1.807) is 6.92 Å². The van der Waals surface area contributed by atoms with Gasteiger partial charge in [0.2, 0.25) is 17.7 Å². The molecule has 0 bridgehead atoms. The van der Waals surface area contributed by atoms with Gasteiger partial charge in [0, 0.05) is 20.4 Å². The van der Waals surface area contributed by atoms with Crippen LogP contribution in [-0.2, 0) is 14.4 Å². The minimum atomic E-state index is -0.769. The van der Waals surface area contributed by atoms with Crippen LogP contribution in [0.3, 0.4) is 0 Å². The molecule has 1 N–H and O–H groups in total. The first-order valence-electron chi connectivity index (χ1n) is 6.51. The average Bonchev–Trinajstić information content (AvgIpc) is 2.58. The fourth-order valence-electron chi connectivity index (χ4n) is 2.17. The van der Waals surface area contributed by atoms with Gasteiger partial charge in [-0.15, -0.1) is 0 Å². The van der Waals surface area contributed by atoms with Crippen LogP contribution in [0.25, 0.3) is 0 Å². The molecule has 7 heteroatoms. The van der Waals surface area contributed by atoms with Gasteiger partial charge in [-0.25, -0.2) is 0 Å². The van der Waals surface area contributed by atoms with E-state index in [-0.39, 0.29) is 28.9 Å². The third kappa shape index (κ3) is 3.59. The van der Waals surface area contributed by atoms with Crippen LogP contribution in [0.15, 0.2) is 0 Å². The van der Waals surface area contributed by atoms with Crippen LogP contribution in [0.5, 0.6) is 0 Å². The first-order valence-corrected chi connectivity index (χ1v) is 7.33. The summed E-state index contributed by atoms with van der Waals surface area (Å²) in [6, 6.07) is 0. The molecule has 0 radical (unpaired) electrons. The molecule has 1 rings (SSSR count). The highest BCUT2D eigenvalue weighted by Crippen LogP contribution is 2.39. The number of rotatable bonds is 5. The Balaban J connectivity index is 2.53. The SMILES string of the molecule is CC(=O)N(CCCC(C)C1(C)SC(=O)NC1=O)C(C)=O. The quantitative estimate of drug-likeness (QED) is 0.832. The summed E-state index contributed by atoms with van der Waals surface area (Å²) in [5, 5.41) is 1.97. The van der Waals surface area contributed by atoms with Gasteiger partial charge < -0.3 is 0 Å². The Hall–Kier alpha value is -1.37. The molecule has 20 heavy (non-hydrogen) atoms. The van der Waals surface area contributed by atoms with Crippen LogP contribution >= 0.6 is 11.8 Å². The highest BCUT2D eigenvalue weighted by Gasteiger charge is 2.47. The summed E-state index contributed by atoms with van der Waals surface area (Å²) in [5.74, 6) is -0.853. The first-order chi connectivity index (χ1) is 9.18. The maximum atomic E-state index is 11.8. The zero-order chi connectivity index (χ0) is 15.5. The standard InChI is InChI=1S/C13H20N2O4S/c1-8(13(4)11(18)14-12(19)20-13)6-5-7-15(9(2)16)10(3)17/h8H,5-7H2,1-4H3,(H,14,18,19). The van der Waals surface area contributed by atoms with Gasteiger partial charge in [0.25, 0.3) is 5.24 Å². The van der Waals surface area contributed by atoms with E-state index in [1.165, 1.54) is 18.7 Å². The Morgan fingerprint density at radius 1 is 1.30 bits per heavy atom. The number of thioether (sulfide) groups is 1. The van der Waals surface area contributed by atoms with Crippen molar-refractivity contribution in [1.82, 2.24) is 10.2 Å². The number of nitrogens with one attached hydrogen (secondary N) is 1. The molecule has 6 nitrogen and oxygen atoms in total. The van der Waals surface area contributed by atoms with Crippen molar-refractivity contribution < 1.29 is 19.2 Å². The van der Waals surface area contributed by atoms with Crippen molar-refractivity contribution in [3.05, 3.63) is 0 Å². The second kappa shape index (κ2) is 6.39. The molecule has 4 amide bonds. The van der Waals surface area contributed by atoms with Crippen molar-refractivity contribution in [3.8, 4) is 0 Å². The Bertz CT molecular complexity index is 438. The fraction of sp³-hybridized carbons (Fsp3) is 0.692. The summed E-state index contributed by atoms with van der Waals surface area (Å²) in [7, 11) is 0. The van der Waals surface area contributed by atoms with Crippen LogP contribution in [-0.4, -0.2) is 39.2 Å². The van der Waals surface area contributed by atoms with E-state index in [1.807, 2.05) is 6.92 Å². The van der Waals surface area contributed by atoms with Gasteiger partial charge in [-0.05, 0) is 37.4 Å². The van der Waals surface area contributed by atoms with Gasteiger partial charge in [-0.1, -0.05) is 6.92 Å². The minimum absolute atomic E-state index is 0.0280. The lowest BCUT2D eigenvalue weighted by molar-refractivity contribution is -0.142. The normalized spacial score (nSPS) is 23.4. The fourth-order valence-corrected chi connectivity index (χ4v) is 3.16. The van der Waals surface area contributed by atoms with E-state index in [0.29, 0.717) is 19.4 Å². The number of nitrogens with zero attached hydrogens (tertiary/aromatic N) is 1. The summed E-state index contributed by atoms with van der Waals surface area (Å²) in [6.45, 7) is 6.69. The maximum absolute atomic E-state index is 11.8. The van der Waals surface area contributed by atoms with Gasteiger partial charge >= 0.3 is 0 Å². The van der Waals surface area contributed by atoms with Crippen LogP contribution in [0, 0.1) is 5.92 Å². The van der Waals surface area contributed by atoms with Crippen LogP contribution in [0.4, 0.5) is 4.79 Å². The average molecular weight is 300 g/mol. The van der Waals surface area contributed by atoms with E-state index >= 15 is 0 Å². The highest BCUT2D eigenvalue weighted by molar-refractivity contribution is 8.16. The molecule has 0 spiro atoms. The molecule has 2 atom stereocenters. The van der Waals surface area contributed by atoms with Gasteiger partial charge in [-0.2, -0.15) is 0 Å². The van der Waals surface area contributed by atoms with E-state index in [4.69, 9.17) is 0 Å². The number of imide groups is 2. The molecular weight excluding hydrogens is 280 g/mol. The zero-order valence-electron chi connectivity index (χ0n) is 12.2.